The second-order valence-corrected chi connectivity index (χ2v) is 7.25. The van der Waals surface area contributed by atoms with Gasteiger partial charge in [0.2, 0.25) is 0 Å². The van der Waals surface area contributed by atoms with Crippen LogP contribution in [0.2, 0.25) is 0 Å². The summed E-state index contributed by atoms with van der Waals surface area (Å²) >= 11 is 0. The van der Waals surface area contributed by atoms with Gasteiger partial charge < -0.3 is 9.84 Å². The van der Waals surface area contributed by atoms with Gasteiger partial charge in [0.05, 0.1) is 0 Å². The van der Waals surface area contributed by atoms with E-state index in [0.29, 0.717) is 6.42 Å². The van der Waals surface area contributed by atoms with E-state index >= 15 is 0 Å². The van der Waals surface area contributed by atoms with E-state index in [1.807, 2.05) is 54.6 Å². The molecule has 146 valence electrons. The largest absolute Gasteiger partial charge is 0.599 e. The average Bonchev–Trinajstić information content (AvgIpc) is 3.06. The summed E-state index contributed by atoms with van der Waals surface area (Å²) < 4.78 is 5.50. The molecule has 0 heterocycles. The van der Waals surface area contributed by atoms with Gasteiger partial charge in [-0.1, -0.05) is 78.9 Å². The van der Waals surface area contributed by atoms with Gasteiger partial charge in [-0.05, 0) is 34.7 Å². The first kappa shape index (κ1) is 18.9. The molecule has 0 unspecified atom stereocenters. The number of fused-ring (bicyclic) bond motifs is 3. The Balaban J connectivity index is 1.50. The number of benzene rings is 3. The number of hydrogen-bond acceptors (Lipinski definition) is 4. The zero-order valence-electron chi connectivity index (χ0n) is 16.2. The van der Waals surface area contributed by atoms with Gasteiger partial charge in [0.1, 0.15) is 12.1 Å². The molecule has 1 atom stereocenters. The summed E-state index contributed by atoms with van der Waals surface area (Å²) in [6.07, 6.45) is -0.302. The van der Waals surface area contributed by atoms with E-state index in [0.717, 1.165) is 16.7 Å². The molecular formula is C25H22NO3-. The Bertz CT molecular complexity index is 997. The number of rotatable bonds is 6. The first-order chi connectivity index (χ1) is 14.1. The lowest BCUT2D eigenvalue weighted by Crippen LogP contribution is -2.29. The second-order valence-electron chi connectivity index (χ2n) is 7.25. The topological polar surface area (TPSA) is 61.7 Å². The molecule has 0 amide bonds. The van der Waals surface area contributed by atoms with Crippen molar-refractivity contribution in [2.75, 3.05) is 6.61 Å². The molecule has 1 aliphatic carbocycles. The monoisotopic (exact) mass is 384 g/mol. The first-order valence-corrected chi connectivity index (χ1v) is 9.73. The maximum Gasteiger partial charge on any atom is 0.154 e. The Kier molecular flexibility index (Phi) is 5.43. The molecule has 0 bridgehead atoms. The van der Waals surface area contributed by atoms with Crippen LogP contribution in [0.1, 0.15) is 29.5 Å². The summed E-state index contributed by atoms with van der Waals surface area (Å²) in [4.78, 5) is 16.0. The quantitative estimate of drug-likeness (QED) is 0.481. The standard InChI is InChI=1S/C25H23NO3/c1-17(27)24(15-18-9-3-2-4-10-18)26-25(28)29-16-23-21-13-7-5-11-19(21)20-12-6-8-14-22(20)23/h2-14,23-24H,15-16H2,1H3,(H,26,28)/p-1/t24-/m0/s1. The van der Waals surface area contributed by atoms with Crippen molar-refractivity contribution in [1.82, 2.24) is 0 Å². The van der Waals surface area contributed by atoms with E-state index in [-0.39, 0.29) is 18.3 Å². The third kappa shape index (κ3) is 4.06. The van der Waals surface area contributed by atoms with Crippen molar-refractivity contribution in [2.24, 2.45) is 4.99 Å². The second kappa shape index (κ2) is 8.31. The molecule has 0 radical (unpaired) electrons. The van der Waals surface area contributed by atoms with Gasteiger partial charge in [0, 0.05) is 18.9 Å². The fourth-order valence-corrected chi connectivity index (χ4v) is 3.88. The minimum atomic E-state index is -0.729. The molecule has 0 aromatic heterocycles. The van der Waals surface area contributed by atoms with E-state index < -0.39 is 12.1 Å². The third-order valence-corrected chi connectivity index (χ3v) is 5.34. The van der Waals surface area contributed by atoms with Crippen molar-refractivity contribution in [3.05, 3.63) is 95.6 Å². The molecule has 3 aromatic carbocycles. The summed E-state index contributed by atoms with van der Waals surface area (Å²) in [6, 6.07) is 25.2. The maximum absolute atomic E-state index is 12.4. The van der Waals surface area contributed by atoms with Gasteiger partial charge in [0.25, 0.3) is 0 Å². The molecule has 0 aliphatic heterocycles. The highest BCUT2D eigenvalue weighted by atomic mass is 16.6. The van der Waals surface area contributed by atoms with Crippen LogP contribution in [0.15, 0.2) is 83.9 Å². The summed E-state index contributed by atoms with van der Waals surface area (Å²) in [5, 5.41) is 12.4. The van der Waals surface area contributed by atoms with Crippen molar-refractivity contribution in [3.63, 3.8) is 0 Å². The molecule has 29 heavy (non-hydrogen) atoms. The Morgan fingerprint density at radius 3 is 2.07 bits per heavy atom. The number of ether oxygens (including phenoxy) is 1. The van der Waals surface area contributed by atoms with Gasteiger partial charge in [-0.3, -0.25) is 9.79 Å². The van der Waals surface area contributed by atoms with Crippen molar-refractivity contribution in [2.45, 2.75) is 25.3 Å². The Morgan fingerprint density at radius 2 is 1.48 bits per heavy atom. The summed E-state index contributed by atoms with van der Waals surface area (Å²) in [7, 11) is 0. The lowest BCUT2D eigenvalue weighted by Gasteiger charge is -2.22. The highest BCUT2D eigenvalue weighted by Crippen LogP contribution is 2.44. The number of carbonyl (C=O) groups is 1. The van der Waals surface area contributed by atoms with E-state index in [9.17, 15) is 9.90 Å². The lowest BCUT2D eigenvalue weighted by atomic mass is 9.98. The van der Waals surface area contributed by atoms with Gasteiger partial charge in [-0.2, -0.15) is 0 Å². The molecule has 0 spiro atoms. The molecule has 1 aliphatic rings. The molecule has 0 saturated heterocycles. The predicted octanol–water partition coefficient (Wildman–Crippen LogP) is 3.73. The van der Waals surface area contributed by atoms with Crippen LogP contribution in [0.25, 0.3) is 11.1 Å². The van der Waals surface area contributed by atoms with Crippen LogP contribution in [0.4, 0.5) is 0 Å². The number of nitrogens with zero attached hydrogens (tertiary/aromatic N) is 1. The minimum absolute atomic E-state index is 0.0218. The SMILES string of the molecule is CC(=O)[C@H](Cc1ccccc1)N=C([O-])OCC1c2ccccc2-c2ccccc21. The van der Waals surface area contributed by atoms with Crippen LogP contribution in [-0.2, 0) is 16.0 Å². The van der Waals surface area contributed by atoms with E-state index in [1.165, 1.54) is 18.1 Å². The summed E-state index contributed by atoms with van der Waals surface area (Å²) in [6.45, 7) is 1.65. The number of hydrogen-bond donors (Lipinski definition) is 0. The number of aliphatic imine (C=N–C) groups is 1. The molecule has 4 rings (SSSR count). The molecule has 0 saturated carbocycles. The molecule has 4 nitrogen and oxygen atoms in total. The van der Waals surface area contributed by atoms with Crippen LogP contribution < -0.4 is 5.11 Å². The van der Waals surface area contributed by atoms with Crippen LogP contribution in [0.5, 0.6) is 0 Å². The number of ketones is 1. The zero-order chi connectivity index (χ0) is 20.2. The van der Waals surface area contributed by atoms with Crippen LogP contribution in [0, 0.1) is 0 Å². The Morgan fingerprint density at radius 1 is 0.931 bits per heavy atom. The third-order valence-electron chi connectivity index (χ3n) is 5.34. The van der Waals surface area contributed by atoms with Crippen LogP contribution >= 0.6 is 0 Å². The van der Waals surface area contributed by atoms with Crippen molar-refractivity contribution >= 4 is 11.9 Å². The zero-order valence-corrected chi connectivity index (χ0v) is 16.2. The maximum atomic E-state index is 12.4. The van der Waals surface area contributed by atoms with Crippen molar-refractivity contribution < 1.29 is 14.6 Å². The van der Waals surface area contributed by atoms with Gasteiger partial charge in [-0.15, -0.1) is 0 Å². The molecule has 4 heteroatoms. The molecule has 3 aromatic rings. The van der Waals surface area contributed by atoms with E-state index in [1.54, 1.807) is 0 Å². The fraction of sp³-hybridized carbons (Fsp3) is 0.200. The minimum Gasteiger partial charge on any atom is -0.599 e. The Labute approximate surface area is 170 Å². The van der Waals surface area contributed by atoms with E-state index in [2.05, 4.69) is 29.3 Å². The molecule has 0 N–H and O–H groups in total. The predicted molar refractivity (Wildman–Crippen MR) is 112 cm³/mol. The summed E-state index contributed by atoms with van der Waals surface area (Å²) in [5.41, 5.74) is 5.60. The van der Waals surface area contributed by atoms with Gasteiger partial charge in [0.15, 0.2) is 5.78 Å². The normalized spacial score (nSPS) is 14.2. The lowest BCUT2D eigenvalue weighted by molar-refractivity contribution is -0.251. The van der Waals surface area contributed by atoms with E-state index in [4.69, 9.17) is 4.74 Å². The smallest absolute Gasteiger partial charge is 0.154 e. The number of carbonyl (C=O) groups excluding carboxylic acids is 1. The van der Waals surface area contributed by atoms with Gasteiger partial charge >= 0.3 is 0 Å². The molecule has 0 fully saturated rings. The summed E-state index contributed by atoms with van der Waals surface area (Å²) in [5.74, 6) is -0.172. The van der Waals surface area contributed by atoms with Crippen molar-refractivity contribution in [1.29, 1.82) is 0 Å². The van der Waals surface area contributed by atoms with Crippen LogP contribution in [-0.4, -0.2) is 24.5 Å². The first-order valence-electron chi connectivity index (χ1n) is 9.73. The fourth-order valence-electron chi connectivity index (χ4n) is 3.88. The number of Topliss-reactive ketones (excluding diaryl/α,β-unsaturated/α-hetero) is 1. The van der Waals surface area contributed by atoms with Crippen molar-refractivity contribution in [3.8, 4) is 11.1 Å². The average molecular weight is 384 g/mol. The highest BCUT2D eigenvalue weighted by molar-refractivity contribution is 5.84. The Hall–Kier alpha value is -3.40. The van der Waals surface area contributed by atoms with Crippen LogP contribution in [0.3, 0.4) is 0 Å². The highest BCUT2D eigenvalue weighted by Gasteiger charge is 2.26. The molecular weight excluding hydrogens is 362 g/mol. The van der Waals surface area contributed by atoms with Gasteiger partial charge in [-0.25, -0.2) is 0 Å².